The number of likely N-dealkylation sites (tertiary alicyclic amines) is 1. The van der Waals surface area contributed by atoms with Crippen molar-refractivity contribution in [1.29, 1.82) is 0 Å². The summed E-state index contributed by atoms with van der Waals surface area (Å²) in [6, 6.07) is 2.48. The minimum atomic E-state index is 0.399. The van der Waals surface area contributed by atoms with Crippen LogP contribution in [0.4, 0.5) is 5.82 Å². The number of piperidine rings is 1. The molecular formula is C14H21N5. The van der Waals surface area contributed by atoms with E-state index in [1.54, 1.807) is 4.52 Å². The third-order valence-corrected chi connectivity index (χ3v) is 4.26. The first kappa shape index (κ1) is 12.4. The molecule has 0 radical (unpaired) electrons. The number of rotatable bonds is 1. The van der Waals surface area contributed by atoms with E-state index in [4.69, 9.17) is 5.73 Å². The molecule has 2 aromatic rings. The van der Waals surface area contributed by atoms with Crippen LogP contribution in [0.1, 0.15) is 42.3 Å². The van der Waals surface area contributed by atoms with Crippen LogP contribution in [0.3, 0.4) is 0 Å². The third-order valence-electron chi connectivity index (χ3n) is 4.26. The van der Waals surface area contributed by atoms with Gasteiger partial charge in [-0.25, -0.2) is 4.98 Å². The lowest BCUT2D eigenvalue weighted by atomic mass is 10.0. The van der Waals surface area contributed by atoms with Gasteiger partial charge < -0.3 is 5.73 Å². The molecule has 0 bridgehead atoms. The number of aromatic nitrogens is 3. The van der Waals surface area contributed by atoms with Gasteiger partial charge in [0.25, 0.3) is 0 Å². The first-order valence-electron chi connectivity index (χ1n) is 6.90. The van der Waals surface area contributed by atoms with E-state index in [-0.39, 0.29) is 0 Å². The van der Waals surface area contributed by atoms with Gasteiger partial charge in [-0.2, -0.15) is 9.61 Å². The monoisotopic (exact) mass is 259 g/mol. The van der Waals surface area contributed by atoms with Crippen molar-refractivity contribution in [2.45, 2.75) is 39.2 Å². The van der Waals surface area contributed by atoms with Gasteiger partial charge in [0, 0.05) is 17.3 Å². The minimum absolute atomic E-state index is 0.399. The second-order valence-electron chi connectivity index (χ2n) is 5.54. The summed E-state index contributed by atoms with van der Waals surface area (Å²) in [6.07, 6.45) is 3.71. The number of nitrogen functional groups attached to an aromatic ring is 1. The zero-order valence-corrected chi connectivity index (χ0v) is 11.8. The van der Waals surface area contributed by atoms with Gasteiger partial charge in [0.05, 0.1) is 11.7 Å². The quantitative estimate of drug-likeness (QED) is 0.852. The van der Waals surface area contributed by atoms with E-state index in [2.05, 4.69) is 28.1 Å². The lowest BCUT2D eigenvalue weighted by molar-refractivity contribution is 0.183. The molecule has 0 aliphatic carbocycles. The molecule has 1 atom stereocenters. The van der Waals surface area contributed by atoms with E-state index < -0.39 is 0 Å². The van der Waals surface area contributed by atoms with E-state index in [9.17, 15) is 0 Å². The van der Waals surface area contributed by atoms with Gasteiger partial charge in [-0.15, -0.1) is 0 Å². The number of nitrogens with zero attached hydrogens (tertiary/aromatic N) is 4. The maximum Gasteiger partial charge on any atom is 0.157 e. The Bertz CT molecular complexity index is 616. The molecule has 3 rings (SSSR count). The fraction of sp³-hybridized carbons (Fsp3) is 0.571. The van der Waals surface area contributed by atoms with Gasteiger partial charge >= 0.3 is 0 Å². The van der Waals surface area contributed by atoms with Crippen LogP contribution >= 0.6 is 0 Å². The molecule has 1 fully saturated rings. The maximum atomic E-state index is 6.14. The summed E-state index contributed by atoms with van der Waals surface area (Å²) in [5.74, 6) is 0.701. The van der Waals surface area contributed by atoms with Gasteiger partial charge in [-0.1, -0.05) is 6.42 Å². The Morgan fingerprint density at radius 1 is 1.32 bits per heavy atom. The molecule has 1 saturated heterocycles. The summed E-state index contributed by atoms with van der Waals surface area (Å²) in [7, 11) is 2.17. The van der Waals surface area contributed by atoms with Gasteiger partial charge in [-0.3, -0.25) is 4.90 Å². The van der Waals surface area contributed by atoms with Crippen LogP contribution in [0.25, 0.3) is 5.65 Å². The summed E-state index contributed by atoms with van der Waals surface area (Å²) in [5.41, 5.74) is 10.1. The van der Waals surface area contributed by atoms with Crippen LogP contribution in [0, 0.1) is 13.8 Å². The van der Waals surface area contributed by atoms with Crippen LogP contribution in [0.5, 0.6) is 0 Å². The Kier molecular flexibility index (Phi) is 2.93. The second-order valence-corrected chi connectivity index (χ2v) is 5.54. The van der Waals surface area contributed by atoms with Crippen molar-refractivity contribution in [2.24, 2.45) is 0 Å². The normalized spacial score (nSPS) is 21.1. The zero-order valence-electron chi connectivity index (χ0n) is 11.8. The molecule has 0 saturated carbocycles. The molecule has 0 spiro atoms. The van der Waals surface area contributed by atoms with E-state index >= 15 is 0 Å². The van der Waals surface area contributed by atoms with Gasteiger partial charge in [0.1, 0.15) is 5.82 Å². The fourth-order valence-electron chi connectivity index (χ4n) is 2.86. The van der Waals surface area contributed by atoms with Crippen LogP contribution in [0.2, 0.25) is 0 Å². The van der Waals surface area contributed by atoms with E-state index in [0.29, 0.717) is 11.9 Å². The van der Waals surface area contributed by atoms with Gasteiger partial charge in [0.2, 0.25) is 0 Å². The Morgan fingerprint density at radius 3 is 2.84 bits per heavy atom. The highest BCUT2D eigenvalue weighted by molar-refractivity contribution is 5.53. The standard InChI is InChI=1S/C14H21N5/c1-9-10(2)16-13-8-11(17-19(13)14(9)15)12-6-4-5-7-18(12)3/h8,12H,4-7,15H2,1-3H3. The number of nitrogens with two attached hydrogens (primary N) is 1. The maximum absolute atomic E-state index is 6.14. The van der Waals surface area contributed by atoms with Crippen molar-refractivity contribution in [1.82, 2.24) is 19.5 Å². The molecule has 1 aliphatic rings. The Hall–Kier alpha value is -1.62. The van der Waals surface area contributed by atoms with Crippen molar-refractivity contribution in [3.8, 4) is 0 Å². The molecule has 2 aromatic heterocycles. The van der Waals surface area contributed by atoms with Crippen LogP contribution < -0.4 is 5.73 Å². The number of anilines is 1. The first-order valence-corrected chi connectivity index (χ1v) is 6.90. The van der Waals surface area contributed by atoms with E-state index in [0.717, 1.165) is 35.6 Å². The number of hydrogen-bond donors (Lipinski definition) is 1. The van der Waals surface area contributed by atoms with Crippen molar-refractivity contribution < 1.29 is 0 Å². The predicted molar refractivity (Wildman–Crippen MR) is 76.1 cm³/mol. The molecule has 0 aromatic carbocycles. The van der Waals surface area contributed by atoms with Gasteiger partial charge in [-0.05, 0) is 40.3 Å². The number of aryl methyl sites for hydroxylation is 1. The molecule has 0 amide bonds. The largest absolute Gasteiger partial charge is 0.383 e. The molecule has 5 heteroatoms. The highest BCUT2D eigenvalue weighted by Crippen LogP contribution is 2.29. The Labute approximate surface area is 113 Å². The van der Waals surface area contributed by atoms with E-state index in [1.165, 1.54) is 12.8 Å². The second kappa shape index (κ2) is 4.49. The topological polar surface area (TPSA) is 59.5 Å². The molecule has 2 N–H and O–H groups in total. The zero-order chi connectivity index (χ0) is 13.6. The molecular weight excluding hydrogens is 238 g/mol. The predicted octanol–water partition coefficient (Wildman–Crippen LogP) is 2.09. The minimum Gasteiger partial charge on any atom is -0.383 e. The van der Waals surface area contributed by atoms with Crippen molar-refractivity contribution >= 4 is 11.5 Å². The molecule has 3 heterocycles. The van der Waals surface area contributed by atoms with Gasteiger partial charge in [0.15, 0.2) is 5.65 Å². The van der Waals surface area contributed by atoms with Crippen LogP contribution in [-0.4, -0.2) is 33.1 Å². The lowest BCUT2D eigenvalue weighted by Crippen LogP contribution is -2.29. The van der Waals surface area contributed by atoms with Crippen LogP contribution in [-0.2, 0) is 0 Å². The average molecular weight is 259 g/mol. The highest BCUT2D eigenvalue weighted by atomic mass is 15.3. The summed E-state index contributed by atoms with van der Waals surface area (Å²) < 4.78 is 1.78. The van der Waals surface area contributed by atoms with E-state index in [1.807, 2.05) is 13.8 Å². The molecule has 1 aliphatic heterocycles. The smallest absolute Gasteiger partial charge is 0.157 e. The Morgan fingerprint density at radius 2 is 2.11 bits per heavy atom. The molecule has 19 heavy (non-hydrogen) atoms. The highest BCUT2D eigenvalue weighted by Gasteiger charge is 2.24. The molecule has 5 nitrogen and oxygen atoms in total. The SMILES string of the molecule is Cc1nc2cc(C3CCCCN3C)nn2c(N)c1C. The van der Waals surface area contributed by atoms with Crippen molar-refractivity contribution in [3.63, 3.8) is 0 Å². The average Bonchev–Trinajstić information content (AvgIpc) is 2.80. The number of hydrogen-bond acceptors (Lipinski definition) is 4. The fourth-order valence-corrected chi connectivity index (χ4v) is 2.86. The molecule has 102 valence electrons. The molecule has 1 unspecified atom stereocenters. The number of fused-ring (bicyclic) bond motifs is 1. The van der Waals surface area contributed by atoms with Crippen LogP contribution in [0.15, 0.2) is 6.07 Å². The summed E-state index contributed by atoms with van der Waals surface area (Å²) in [6.45, 7) is 5.12. The lowest BCUT2D eigenvalue weighted by Gasteiger charge is -2.30. The summed E-state index contributed by atoms with van der Waals surface area (Å²) >= 11 is 0. The van der Waals surface area contributed by atoms with Crippen molar-refractivity contribution in [2.75, 3.05) is 19.3 Å². The summed E-state index contributed by atoms with van der Waals surface area (Å²) in [4.78, 5) is 6.95. The summed E-state index contributed by atoms with van der Waals surface area (Å²) in [5, 5.41) is 4.68. The Balaban J connectivity index is 2.09. The third kappa shape index (κ3) is 1.98. The first-order chi connectivity index (χ1) is 9.08. The van der Waals surface area contributed by atoms with Crippen molar-refractivity contribution in [3.05, 3.63) is 23.0 Å².